The van der Waals surface area contributed by atoms with Crippen molar-refractivity contribution in [1.29, 1.82) is 0 Å². The first-order valence-corrected chi connectivity index (χ1v) is 6.71. The van der Waals surface area contributed by atoms with Gasteiger partial charge in [-0.15, -0.1) is 0 Å². The van der Waals surface area contributed by atoms with Crippen LogP contribution in [0.25, 0.3) is 0 Å². The quantitative estimate of drug-likeness (QED) is 0.625. The predicted molar refractivity (Wildman–Crippen MR) is 51.9 cm³/mol. The van der Waals surface area contributed by atoms with Crippen LogP contribution in [0.5, 0.6) is 0 Å². The summed E-state index contributed by atoms with van der Waals surface area (Å²) in [7, 11) is -6.15. The molecule has 0 aliphatic rings. The molecule has 0 aliphatic carbocycles. The highest BCUT2D eigenvalue weighted by molar-refractivity contribution is 7.88. The molecule has 0 unspecified atom stereocenters. The van der Waals surface area contributed by atoms with Gasteiger partial charge in [0.15, 0.2) is 0 Å². The Bertz CT molecular complexity index is 500. The molecule has 2 N–H and O–H groups in total. The van der Waals surface area contributed by atoms with E-state index in [4.69, 9.17) is 9.79 Å². The second-order valence-corrected chi connectivity index (χ2v) is 6.36. The minimum absolute atomic E-state index is 0.452. The van der Waals surface area contributed by atoms with Crippen molar-refractivity contribution in [2.75, 3.05) is 14.1 Å². The van der Waals surface area contributed by atoms with E-state index in [2.05, 4.69) is 4.98 Å². The van der Waals surface area contributed by atoms with Gasteiger partial charge in [0.1, 0.15) is 0 Å². The molecule has 0 fully saturated rings. The summed E-state index contributed by atoms with van der Waals surface area (Å²) in [4.78, 5) is 21.0. The zero-order chi connectivity index (χ0) is 11.9. The lowest BCUT2D eigenvalue weighted by Gasteiger charge is -2.14. The Labute approximate surface area is 86.5 Å². The van der Waals surface area contributed by atoms with E-state index in [1.165, 1.54) is 14.1 Å². The minimum Gasteiger partial charge on any atom is -0.319 e. The van der Waals surface area contributed by atoms with E-state index < -0.39 is 23.4 Å². The Hall–Kier alpha value is -0.730. The van der Waals surface area contributed by atoms with Crippen LogP contribution in [-0.2, 0) is 14.8 Å². The maximum atomic E-state index is 11.6. The predicted octanol–water partition coefficient (Wildman–Crippen LogP) is -1.66. The van der Waals surface area contributed by atoms with Gasteiger partial charge in [-0.3, -0.25) is 4.57 Å². The van der Waals surface area contributed by atoms with E-state index in [-0.39, 0.29) is 0 Å². The van der Waals surface area contributed by atoms with Crippen molar-refractivity contribution in [2.24, 2.45) is 0 Å². The highest BCUT2D eigenvalue weighted by Gasteiger charge is 2.30. The number of nitrogens with zero attached hydrogens (tertiary/aromatic N) is 3. The first-order chi connectivity index (χ1) is 6.67. The van der Waals surface area contributed by atoms with E-state index in [0.29, 0.717) is 3.97 Å². The fourth-order valence-corrected chi connectivity index (χ4v) is 2.83. The molecule has 0 amide bonds. The van der Waals surface area contributed by atoms with E-state index in [1.54, 1.807) is 0 Å². The van der Waals surface area contributed by atoms with Gasteiger partial charge in [-0.05, 0) is 0 Å². The largest absolute Gasteiger partial charge is 0.392 e. The van der Waals surface area contributed by atoms with Crippen LogP contribution >= 0.6 is 7.60 Å². The molecule has 1 aromatic heterocycles. The van der Waals surface area contributed by atoms with Crippen LogP contribution in [0.4, 0.5) is 0 Å². The fourth-order valence-electron chi connectivity index (χ4n) is 0.844. The van der Waals surface area contributed by atoms with Crippen molar-refractivity contribution in [2.45, 2.75) is 0 Å². The SMILES string of the molecule is CN(C)S(=O)(=O)n1ccnc1P(=O)(O)O. The average molecular weight is 255 g/mol. The van der Waals surface area contributed by atoms with Crippen LogP contribution < -0.4 is 5.57 Å². The Morgan fingerprint density at radius 2 is 2.00 bits per heavy atom. The maximum absolute atomic E-state index is 11.6. The molecular weight excluding hydrogens is 245 g/mol. The molecule has 0 saturated carbocycles. The summed E-state index contributed by atoms with van der Waals surface area (Å²) in [6.45, 7) is 0. The molecule has 8 nitrogen and oxygen atoms in total. The third-order valence-corrected chi connectivity index (χ3v) is 4.26. The Morgan fingerprint density at radius 1 is 1.47 bits per heavy atom. The van der Waals surface area contributed by atoms with Crippen molar-refractivity contribution >= 4 is 23.4 Å². The molecule has 0 atom stereocenters. The lowest BCUT2D eigenvalue weighted by atomic mass is 11.0. The molecule has 0 radical (unpaired) electrons. The van der Waals surface area contributed by atoms with Gasteiger partial charge in [-0.25, -0.2) is 8.96 Å². The molecule has 0 aromatic carbocycles. The van der Waals surface area contributed by atoms with E-state index in [9.17, 15) is 13.0 Å². The second kappa shape index (κ2) is 3.69. The standard InChI is InChI=1S/C5H10N3O5PS/c1-7(2)15(12,13)8-4-3-6-5(8)14(9,10)11/h3-4H,1-2H3,(H2,9,10,11). The van der Waals surface area contributed by atoms with E-state index in [1.807, 2.05) is 0 Å². The van der Waals surface area contributed by atoms with Gasteiger partial charge in [0.25, 0.3) is 0 Å². The molecule has 15 heavy (non-hydrogen) atoms. The first-order valence-electron chi connectivity index (χ1n) is 3.70. The number of rotatable bonds is 3. The van der Waals surface area contributed by atoms with E-state index >= 15 is 0 Å². The highest BCUT2D eigenvalue weighted by Crippen LogP contribution is 2.32. The van der Waals surface area contributed by atoms with Gasteiger partial charge in [0.2, 0.25) is 5.57 Å². The van der Waals surface area contributed by atoms with Crippen molar-refractivity contribution in [3.8, 4) is 0 Å². The molecule has 1 heterocycles. The summed E-state index contributed by atoms with van der Waals surface area (Å²) < 4.78 is 35.3. The molecule has 1 aromatic rings. The van der Waals surface area contributed by atoms with Gasteiger partial charge in [-0.2, -0.15) is 12.7 Å². The van der Waals surface area contributed by atoms with Crippen molar-refractivity contribution in [3.05, 3.63) is 12.4 Å². The van der Waals surface area contributed by atoms with Gasteiger partial charge in [0.05, 0.1) is 0 Å². The fraction of sp³-hybridized carbons (Fsp3) is 0.400. The second-order valence-electron chi connectivity index (χ2n) is 2.86. The highest BCUT2D eigenvalue weighted by atomic mass is 32.2. The van der Waals surface area contributed by atoms with Crippen LogP contribution in [0.3, 0.4) is 0 Å². The molecule has 86 valence electrons. The topological polar surface area (TPSA) is 113 Å². The molecular formula is C5H10N3O5PS. The normalized spacial score (nSPS) is 13.4. The molecule has 0 bridgehead atoms. The van der Waals surface area contributed by atoms with Crippen molar-refractivity contribution in [1.82, 2.24) is 13.3 Å². The van der Waals surface area contributed by atoms with Crippen LogP contribution in [0, 0.1) is 0 Å². The third-order valence-electron chi connectivity index (χ3n) is 1.56. The molecule has 10 heteroatoms. The number of aromatic nitrogens is 2. The molecule has 0 aliphatic heterocycles. The third kappa shape index (κ3) is 2.27. The van der Waals surface area contributed by atoms with Gasteiger partial charge < -0.3 is 9.79 Å². The maximum Gasteiger partial charge on any atom is 0.392 e. The summed E-state index contributed by atoms with van der Waals surface area (Å²) in [5, 5.41) is 0. The summed E-state index contributed by atoms with van der Waals surface area (Å²) in [5.41, 5.74) is -0.795. The molecule has 0 spiro atoms. The Morgan fingerprint density at radius 3 is 2.40 bits per heavy atom. The van der Waals surface area contributed by atoms with Gasteiger partial charge in [0, 0.05) is 26.5 Å². The van der Waals surface area contributed by atoms with Gasteiger partial charge >= 0.3 is 17.8 Å². The monoisotopic (exact) mass is 255 g/mol. The van der Waals surface area contributed by atoms with Crippen molar-refractivity contribution in [3.63, 3.8) is 0 Å². The summed E-state index contributed by atoms with van der Waals surface area (Å²) in [5.74, 6) is 0. The van der Waals surface area contributed by atoms with Crippen LogP contribution in [-0.4, -0.2) is 45.6 Å². The van der Waals surface area contributed by atoms with Crippen molar-refractivity contribution < 1.29 is 22.8 Å². The van der Waals surface area contributed by atoms with E-state index in [0.717, 1.165) is 16.7 Å². The molecule has 0 saturated heterocycles. The van der Waals surface area contributed by atoms with Gasteiger partial charge in [-0.1, -0.05) is 0 Å². The summed E-state index contributed by atoms with van der Waals surface area (Å²) >= 11 is 0. The van der Waals surface area contributed by atoms with Crippen LogP contribution in [0.1, 0.15) is 0 Å². The number of imidazole rings is 1. The number of hydrogen-bond acceptors (Lipinski definition) is 4. The van der Waals surface area contributed by atoms with Crippen LogP contribution in [0.15, 0.2) is 12.4 Å². The minimum atomic E-state index is -4.70. The average Bonchev–Trinajstić information content (AvgIpc) is 2.49. The van der Waals surface area contributed by atoms with Crippen LogP contribution in [0.2, 0.25) is 0 Å². The zero-order valence-electron chi connectivity index (χ0n) is 7.97. The smallest absolute Gasteiger partial charge is 0.319 e. The number of hydrogen-bond donors (Lipinski definition) is 2. The summed E-state index contributed by atoms with van der Waals surface area (Å²) in [6.07, 6.45) is 1.99. The lowest BCUT2D eigenvalue weighted by Crippen LogP contribution is -2.34. The summed E-state index contributed by atoms with van der Waals surface area (Å²) in [6, 6.07) is 0. The molecule has 1 rings (SSSR count). The zero-order valence-corrected chi connectivity index (χ0v) is 9.68. The Kier molecular flexibility index (Phi) is 3.04. The lowest BCUT2D eigenvalue weighted by molar-refractivity contribution is 0.384. The Balaban J connectivity index is 3.43. The first kappa shape index (κ1) is 12.3.